The van der Waals surface area contributed by atoms with Gasteiger partial charge in [-0.05, 0) is 30.5 Å². The fourth-order valence-electron chi connectivity index (χ4n) is 3.97. The summed E-state index contributed by atoms with van der Waals surface area (Å²) in [6.45, 7) is 2.98. The number of hydrogen-bond donors (Lipinski definition) is 1. The molecule has 1 aliphatic heterocycles. The maximum absolute atomic E-state index is 12.5. The van der Waals surface area contributed by atoms with E-state index in [1.54, 1.807) is 12.0 Å². The van der Waals surface area contributed by atoms with Crippen molar-refractivity contribution in [1.82, 2.24) is 10.2 Å². The largest absolute Gasteiger partial charge is 0.497 e. The van der Waals surface area contributed by atoms with E-state index < -0.39 is 0 Å². The Bertz CT molecular complexity index is 578. The van der Waals surface area contributed by atoms with Crippen LogP contribution in [0, 0.1) is 0 Å². The van der Waals surface area contributed by atoms with Gasteiger partial charge in [0.2, 0.25) is 0 Å². The van der Waals surface area contributed by atoms with Crippen molar-refractivity contribution in [3.8, 4) is 5.75 Å². The molecule has 144 valence electrons. The van der Waals surface area contributed by atoms with Crippen LogP contribution >= 0.6 is 0 Å². The van der Waals surface area contributed by atoms with E-state index in [0.717, 1.165) is 18.6 Å². The van der Waals surface area contributed by atoms with E-state index in [-0.39, 0.29) is 17.6 Å². The average molecular weight is 362 g/mol. The molecule has 26 heavy (non-hydrogen) atoms. The van der Waals surface area contributed by atoms with Gasteiger partial charge in [0.05, 0.1) is 39.6 Å². The van der Waals surface area contributed by atoms with Crippen LogP contribution < -0.4 is 10.1 Å². The number of hydrogen-bond acceptors (Lipinski definition) is 4. The summed E-state index contributed by atoms with van der Waals surface area (Å²) in [6.07, 6.45) is 4.56. The molecule has 1 saturated heterocycles. The first-order valence-electron chi connectivity index (χ1n) is 9.46. The predicted octanol–water partition coefficient (Wildman–Crippen LogP) is 2.56. The maximum atomic E-state index is 12.5. The minimum Gasteiger partial charge on any atom is -0.497 e. The predicted molar refractivity (Wildman–Crippen MR) is 99.7 cm³/mol. The van der Waals surface area contributed by atoms with Gasteiger partial charge < -0.3 is 24.4 Å². The Balaban J connectivity index is 1.58. The van der Waals surface area contributed by atoms with Crippen LogP contribution in [0.1, 0.15) is 31.2 Å². The lowest BCUT2D eigenvalue weighted by atomic mass is 9.79. The standard InChI is InChI=1S/C20H30N2O4/c1-22(13-18-14-25-11-12-26-18)19(23)21-15-20(9-3-4-10-20)16-5-7-17(24-2)8-6-16/h5-8,18H,3-4,9-15H2,1-2H3,(H,21,23). The Labute approximate surface area is 155 Å². The second-order valence-corrected chi connectivity index (χ2v) is 7.32. The van der Waals surface area contributed by atoms with Crippen LogP contribution in [0.5, 0.6) is 5.75 Å². The number of rotatable bonds is 6. The molecular weight excluding hydrogens is 332 g/mol. The quantitative estimate of drug-likeness (QED) is 0.845. The summed E-state index contributed by atoms with van der Waals surface area (Å²) in [4.78, 5) is 14.2. The second-order valence-electron chi connectivity index (χ2n) is 7.32. The Morgan fingerprint density at radius 2 is 2.00 bits per heavy atom. The van der Waals surface area contributed by atoms with Crippen LogP contribution in [0.25, 0.3) is 0 Å². The molecular formula is C20H30N2O4. The molecule has 2 aliphatic rings. The maximum Gasteiger partial charge on any atom is 0.317 e. The lowest BCUT2D eigenvalue weighted by Gasteiger charge is -2.32. The van der Waals surface area contributed by atoms with Gasteiger partial charge in [0.1, 0.15) is 5.75 Å². The summed E-state index contributed by atoms with van der Waals surface area (Å²) in [5, 5.41) is 3.14. The van der Waals surface area contributed by atoms with Crippen LogP contribution in [-0.4, -0.2) is 64.1 Å². The van der Waals surface area contributed by atoms with Gasteiger partial charge in [0.15, 0.2) is 0 Å². The third-order valence-corrected chi connectivity index (χ3v) is 5.55. The highest BCUT2D eigenvalue weighted by molar-refractivity contribution is 5.74. The fourth-order valence-corrected chi connectivity index (χ4v) is 3.97. The van der Waals surface area contributed by atoms with Crippen molar-refractivity contribution < 1.29 is 19.0 Å². The lowest BCUT2D eigenvalue weighted by molar-refractivity contribution is -0.0928. The molecule has 0 bridgehead atoms. The van der Waals surface area contributed by atoms with E-state index >= 15 is 0 Å². The molecule has 1 aromatic rings. The van der Waals surface area contributed by atoms with Gasteiger partial charge in [0, 0.05) is 19.0 Å². The Kier molecular flexibility index (Phi) is 6.38. The van der Waals surface area contributed by atoms with Crippen molar-refractivity contribution in [2.45, 2.75) is 37.2 Å². The Hall–Kier alpha value is -1.79. The van der Waals surface area contributed by atoms with Crippen LogP contribution in [0.4, 0.5) is 4.79 Å². The van der Waals surface area contributed by atoms with Crippen molar-refractivity contribution >= 4 is 6.03 Å². The zero-order valence-corrected chi connectivity index (χ0v) is 15.8. The molecule has 3 rings (SSSR count). The molecule has 1 aliphatic carbocycles. The topological polar surface area (TPSA) is 60.0 Å². The van der Waals surface area contributed by atoms with Gasteiger partial charge in [-0.25, -0.2) is 4.79 Å². The molecule has 1 aromatic carbocycles. The fraction of sp³-hybridized carbons (Fsp3) is 0.650. The number of carbonyl (C=O) groups is 1. The molecule has 1 saturated carbocycles. The highest BCUT2D eigenvalue weighted by Gasteiger charge is 2.36. The first kappa shape index (κ1) is 19.0. The van der Waals surface area contributed by atoms with Gasteiger partial charge in [-0.1, -0.05) is 25.0 Å². The summed E-state index contributed by atoms with van der Waals surface area (Å²) < 4.78 is 16.3. The molecule has 1 unspecified atom stereocenters. The first-order chi connectivity index (χ1) is 12.6. The monoisotopic (exact) mass is 362 g/mol. The lowest BCUT2D eigenvalue weighted by Crippen LogP contribution is -2.48. The molecule has 0 spiro atoms. The van der Waals surface area contributed by atoms with E-state index in [1.807, 2.05) is 19.2 Å². The van der Waals surface area contributed by atoms with Crippen molar-refractivity contribution in [2.24, 2.45) is 0 Å². The summed E-state index contributed by atoms with van der Waals surface area (Å²) in [6, 6.07) is 8.22. The third-order valence-electron chi connectivity index (χ3n) is 5.55. The number of urea groups is 1. The highest BCUT2D eigenvalue weighted by Crippen LogP contribution is 2.41. The SMILES string of the molecule is COc1ccc(C2(CNC(=O)N(C)CC3COCCO3)CCCC2)cc1. The van der Waals surface area contributed by atoms with Gasteiger partial charge in [-0.15, -0.1) is 0 Å². The zero-order chi connectivity index (χ0) is 18.4. The van der Waals surface area contributed by atoms with Gasteiger partial charge >= 0.3 is 6.03 Å². The molecule has 0 radical (unpaired) electrons. The van der Waals surface area contributed by atoms with Crippen LogP contribution in [0.15, 0.2) is 24.3 Å². The number of carbonyl (C=O) groups excluding carboxylic acids is 1. The average Bonchev–Trinajstić information content (AvgIpc) is 3.17. The number of amides is 2. The Morgan fingerprint density at radius 3 is 2.62 bits per heavy atom. The molecule has 1 N–H and O–H groups in total. The summed E-state index contributed by atoms with van der Waals surface area (Å²) in [5.41, 5.74) is 1.30. The number of nitrogens with zero attached hydrogens (tertiary/aromatic N) is 1. The van der Waals surface area contributed by atoms with Crippen molar-refractivity contribution in [2.75, 3.05) is 47.1 Å². The van der Waals surface area contributed by atoms with E-state index in [4.69, 9.17) is 14.2 Å². The van der Waals surface area contributed by atoms with E-state index in [9.17, 15) is 4.79 Å². The highest BCUT2D eigenvalue weighted by atomic mass is 16.6. The van der Waals surface area contributed by atoms with Crippen molar-refractivity contribution in [3.63, 3.8) is 0 Å². The normalized spacial score (nSPS) is 22.0. The minimum atomic E-state index is -0.0565. The van der Waals surface area contributed by atoms with E-state index in [1.165, 1.54) is 18.4 Å². The van der Waals surface area contributed by atoms with Gasteiger partial charge in [-0.2, -0.15) is 0 Å². The van der Waals surface area contributed by atoms with Crippen molar-refractivity contribution in [1.29, 1.82) is 0 Å². The number of ether oxygens (including phenoxy) is 3. The van der Waals surface area contributed by atoms with Crippen molar-refractivity contribution in [3.05, 3.63) is 29.8 Å². The van der Waals surface area contributed by atoms with Crippen LogP contribution in [0.3, 0.4) is 0 Å². The molecule has 6 heteroatoms. The second kappa shape index (κ2) is 8.73. The van der Waals surface area contributed by atoms with Crippen LogP contribution in [0.2, 0.25) is 0 Å². The summed E-state index contributed by atoms with van der Waals surface area (Å²) in [7, 11) is 3.49. The Morgan fingerprint density at radius 1 is 1.27 bits per heavy atom. The van der Waals surface area contributed by atoms with E-state index in [0.29, 0.717) is 32.9 Å². The van der Waals surface area contributed by atoms with Gasteiger partial charge in [-0.3, -0.25) is 0 Å². The molecule has 0 aromatic heterocycles. The minimum absolute atomic E-state index is 0.0211. The molecule has 6 nitrogen and oxygen atoms in total. The van der Waals surface area contributed by atoms with Crippen LogP contribution in [-0.2, 0) is 14.9 Å². The number of methoxy groups -OCH3 is 1. The zero-order valence-electron chi connectivity index (χ0n) is 15.8. The molecule has 1 atom stereocenters. The summed E-state index contributed by atoms with van der Waals surface area (Å²) in [5.74, 6) is 0.861. The van der Waals surface area contributed by atoms with Gasteiger partial charge in [0.25, 0.3) is 0 Å². The molecule has 1 heterocycles. The number of nitrogens with one attached hydrogen (secondary N) is 1. The third kappa shape index (κ3) is 4.48. The number of likely N-dealkylation sites (N-methyl/N-ethyl adjacent to an activating group) is 1. The van der Waals surface area contributed by atoms with E-state index in [2.05, 4.69) is 17.4 Å². The summed E-state index contributed by atoms with van der Waals surface area (Å²) >= 11 is 0. The number of benzene rings is 1. The molecule has 2 fully saturated rings. The smallest absolute Gasteiger partial charge is 0.317 e. The first-order valence-corrected chi connectivity index (χ1v) is 9.46. The molecule has 2 amide bonds.